The van der Waals surface area contributed by atoms with E-state index in [0.29, 0.717) is 22.5 Å². The number of anilines is 1. The number of benzene rings is 1. The largest absolute Gasteiger partial charge is 0.323 e. The van der Waals surface area contributed by atoms with Crippen molar-refractivity contribution in [3.8, 4) is 5.95 Å². The topological polar surface area (TPSA) is 108 Å². The second-order valence-corrected chi connectivity index (χ2v) is 7.00. The van der Waals surface area contributed by atoms with Crippen LogP contribution >= 0.6 is 0 Å². The van der Waals surface area contributed by atoms with Crippen molar-refractivity contribution < 1.29 is 4.79 Å². The highest BCUT2D eigenvalue weighted by Crippen LogP contribution is 2.15. The third kappa shape index (κ3) is 3.69. The molecule has 0 saturated heterocycles. The van der Waals surface area contributed by atoms with E-state index in [0.717, 1.165) is 17.2 Å². The lowest BCUT2D eigenvalue weighted by atomic mass is 10.2. The number of nitrogens with zero attached hydrogens (tertiary/aromatic N) is 6. The number of aryl methyl sites for hydroxylation is 3. The van der Waals surface area contributed by atoms with Gasteiger partial charge in [0.2, 0.25) is 11.9 Å². The maximum absolute atomic E-state index is 12.5. The molecule has 1 N–H and O–H groups in total. The maximum atomic E-state index is 12.5. The van der Waals surface area contributed by atoms with Crippen LogP contribution in [0.25, 0.3) is 16.9 Å². The van der Waals surface area contributed by atoms with E-state index in [9.17, 15) is 9.59 Å². The van der Waals surface area contributed by atoms with Crippen molar-refractivity contribution in [1.82, 2.24) is 29.1 Å². The summed E-state index contributed by atoms with van der Waals surface area (Å²) in [4.78, 5) is 42.2. The summed E-state index contributed by atoms with van der Waals surface area (Å²) < 4.78 is 3.30. The minimum atomic E-state index is -0.239. The maximum Gasteiger partial charge on any atom is 0.261 e. The lowest BCUT2D eigenvalue weighted by molar-refractivity contribution is -0.116. The number of para-hydroxylation sites is 1. The van der Waals surface area contributed by atoms with Gasteiger partial charge in [-0.15, -0.1) is 0 Å². The summed E-state index contributed by atoms with van der Waals surface area (Å²) in [5.41, 5.74) is 2.85. The zero-order valence-corrected chi connectivity index (χ0v) is 17.0. The minimum Gasteiger partial charge on any atom is -0.323 e. The summed E-state index contributed by atoms with van der Waals surface area (Å²) in [6.07, 6.45) is 4.70. The van der Waals surface area contributed by atoms with Crippen LogP contribution in [0.3, 0.4) is 0 Å². The van der Waals surface area contributed by atoms with Gasteiger partial charge in [-0.25, -0.2) is 19.9 Å². The molecule has 0 spiro atoms. The molecule has 3 heterocycles. The molecule has 0 aliphatic rings. The lowest BCUT2D eigenvalue weighted by Crippen LogP contribution is -2.23. The lowest BCUT2D eigenvalue weighted by Gasteiger charge is -2.09. The van der Waals surface area contributed by atoms with Crippen LogP contribution in [0, 0.1) is 20.8 Å². The summed E-state index contributed by atoms with van der Waals surface area (Å²) in [5.74, 6) is 1.06. The molecule has 1 aromatic carbocycles. The van der Waals surface area contributed by atoms with Crippen LogP contribution in [0.5, 0.6) is 0 Å². The highest BCUT2D eigenvalue weighted by atomic mass is 16.2. The van der Waals surface area contributed by atoms with E-state index >= 15 is 0 Å². The average Bonchev–Trinajstić information content (AvgIpc) is 3.00. The summed E-state index contributed by atoms with van der Waals surface area (Å²) in [5, 5.41) is 3.29. The van der Waals surface area contributed by atoms with Gasteiger partial charge in [0.05, 0.1) is 41.0 Å². The van der Waals surface area contributed by atoms with Crippen molar-refractivity contribution in [2.24, 2.45) is 0 Å². The zero-order valence-electron chi connectivity index (χ0n) is 17.0. The smallest absolute Gasteiger partial charge is 0.261 e. The summed E-state index contributed by atoms with van der Waals surface area (Å²) in [7, 11) is 0. The number of aromatic nitrogens is 6. The molecule has 152 valence electrons. The van der Waals surface area contributed by atoms with Gasteiger partial charge in [-0.2, -0.15) is 0 Å². The molecule has 3 aromatic heterocycles. The fourth-order valence-corrected chi connectivity index (χ4v) is 3.28. The quantitative estimate of drug-likeness (QED) is 0.548. The molecule has 0 atom stereocenters. The van der Waals surface area contributed by atoms with Crippen LogP contribution in [0.15, 0.2) is 47.8 Å². The molecule has 0 radical (unpaired) electrons. The SMILES string of the molecule is Cc1nc(C)n(-c2ncc(NC(=O)CCn3cnc4ccccc4c3=O)cn2)c1C. The number of fused-ring (bicyclic) bond motifs is 1. The Bertz CT molecular complexity index is 1290. The highest BCUT2D eigenvalue weighted by molar-refractivity contribution is 5.90. The fourth-order valence-electron chi connectivity index (χ4n) is 3.28. The number of carbonyl (C=O) groups is 1. The monoisotopic (exact) mass is 403 g/mol. The minimum absolute atomic E-state index is 0.126. The first-order valence-electron chi connectivity index (χ1n) is 9.53. The second kappa shape index (κ2) is 7.86. The molecule has 0 unspecified atom stereocenters. The van der Waals surface area contributed by atoms with E-state index in [1.165, 1.54) is 10.9 Å². The molecule has 0 saturated carbocycles. The van der Waals surface area contributed by atoms with Crippen LogP contribution < -0.4 is 10.9 Å². The number of carbonyl (C=O) groups excluding carboxylic acids is 1. The van der Waals surface area contributed by atoms with E-state index < -0.39 is 0 Å². The summed E-state index contributed by atoms with van der Waals surface area (Å²) in [6.45, 7) is 6.01. The number of hydrogen-bond acceptors (Lipinski definition) is 6. The molecule has 9 heteroatoms. The molecule has 0 bridgehead atoms. The molecule has 0 aliphatic heterocycles. The highest BCUT2D eigenvalue weighted by Gasteiger charge is 2.12. The van der Waals surface area contributed by atoms with E-state index in [1.54, 1.807) is 30.6 Å². The second-order valence-electron chi connectivity index (χ2n) is 7.00. The Morgan fingerprint density at radius 3 is 2.50 bits per heavy atom. The molecule has 0 aliphatic carbocycles. The van der Waals surface area contributed by atoms with Crippen LogP contribution in [-0.4, -0.2) is 35.0 Å². The van der Waals surface area contributed by atoms with Crippen LogP contribution in [0.2, 0.25) is 0 Å². The molecular formula is C21H21N7O2. The Morgan fingerprint density at radius 1 is 1.07 bits per heavy atom. The van der Waals surface area contributed by atoms with Gasteiger partial charge >= 0.3 is 0 Å². The van der Waals surface area contributed by atoms with E-state index in [2.05, 4.69) is 25.3 Å². The Hall–Kier alpha value is -3.88. The molecule has 4 rings (SSSR count). The van der Waals surface area contributed by atoms with Crippen LogP contribution in [-0.2, 0) is 11.3 Å². The van der Waals surface area contributed by atoms with Gasteiger partial charge in [-0.3, -0.25) is 18.7 Å². The Balaban J connectivity index is 1.42. The van der Waals surface area contributed by atoms with Crippen molar-refractivity contribution in [2.75, 3.05) is 5.32 Å². The van der Waals surface area contributed by atoms with Crippen molar-refractivity contribution >= 4 is 22.5 Å². The van der Waals surface area contributed by atoms with Gasteiger partial charge in [0.15, 0.2) is 0 Å². The molecule has 4 aromatic rings. The van der Waals surface area contributed by atoms with Crippen LogP contribution in [0.1, 0.15) is 23.6 Å². The molecule has 9 nitrogen and oxygen atoms in total. The predicted octanol–water partition coefficient (Wildman–Crippen LogP) is 2.33. The first-order valence-corrected chi connectivity index (χ1v) is 9.53. The van der Waals surface area contributed by atoms with Gasteiger partial charge in [0.1, 0.15) is 5.82 Å². The van der Waals surface area contributed by atoms with Crippen LogP contribution in [0.4, 0.5) is 5.69 Å². The number of rotatable bonds is 5. The van der Waals surface area contributed by atoms with Crippen molar-refractivity contribution in [1.29, 1.82) is 0 Å². The third-order valence-electron chi connectivity index (χ3n) is 4.95. The average molecular weight is 403 g/mol. The number of nitrogens with one attached hydrogen (secondary N) is 1. The van der Waals surface area contributed by atoms with Gasteiger partial charge in [-0.05, 0) is 32.9 Å². The first kappa shape index (κ1) is 19.4. The normalized spacial score (nSPS) is 11.0. The van der Waals surface area contributed by atoms with Crippen molar-refractivity contribution in [3.05, 3.63) is 70.6 Å². The standard InChI is InChI=1S/C21H21N7O2/c1-13-14(2)28(15(3)25-13)21-22-10-16(11-23-21)26-19(29)8-9-27-12-24-18-7-5-4-6-17(18)20(27)30/h4-7,10-12H,8-9H2,1-3H3,(H,26,29). The van der Waals surface area contributed by atoms with Gasteiger partial charge in [-0.1, -0.05) is 12.1 Å². The van der Waals surface area contributed by atoms with Crippen molar-refractivity contribution in [2.45, 2.75) is 33.7 Å². The van der Waals surface area contributed by atoms with E-state index in [1.807, 2.05) is 31.4 Å². The first-order chi connectivity index (χ1) is 14.4. The Labute approximate surface area is 172 Å². The van der Waals surface area contributed by atoms with E-state index in [-0.39, 0.29) is 24.4 Å². The molecule has 30 heavy (non-hydrogen) atoms. The fraction of sp³-hybridized carbons (Fsp3) is 0.238. The summed E-state index contributed by atoms with van der Waals surface area (Å²) >= 11 is 0. The Kier molecular flexibility index (Phi) is 5.09. The van der Waals surface area contributed by atoms with Crippen molar-refractivity contribution in [3.63, 3.8) is 0 Å². The summed E-state index contributed by atoms with van der Waals surface area (Å²) in [6, 6.07) is 7.13. The number of imidazole rings is 1. The van der Waals surface area contributed by atoms with Gasteiger partial charge < -0.3 is 5.32 Å². The zero-order chi connectivity index (χ0) is 21.3. The predicted molar refractivity (Wildman–Crippen MR) is 113 cm³/mol. The molecule has 0 fully saturated rings. The third-order valence-corrected chi connectivity index (χ3v) is 4.95. The number of amides is 1. The van der Waals surface area contributed by atoms with E-state index in [4.69, 9.17) is 0 Å². The van der Waals surface area contributed by atoms with Gasteiger partial charge in [0.25, 0.3) is 5.56 Å². The molecule has 1 amide bonds. The molecular weight excluding hydrogens is 382 g/mol. The number of hydrogen-bond donors (Lipinski definition) is 1. The van der Waals surface area contributed by atoms with Gasteiger partial charge in [0, 0.05) is 18.7 Å². The Morgan fingerprint density at radius 2 is 1.80 bits per heavy atom.